The number of rotatable bonds is 4. The molecule has 1 aromatic heterocycles. The van der Waals surface area contributed by atoms with Gasteiger partial charge in [0.25, 0.3) is 5.91 Å². The Bertz CT molecular complexity index is 873. The van der Waals surface area contributed by atoms with Crippen molar-refractivity contribution in [3.8, 4) is 0 Å². The zero-order valence-corrected chi connectivity index (χ0v) is 12.9. The van der Waals surface area contributed by atoms with Gasteiger partial charge < -0.3 is 25.4 Å². The number of aromatic nitrogens is 2. The van der Waals surface area contributed by atoms with Crippen molar-refractivity contribution < 1.29 is 26.2 Å². The van der Waals surface area contributed by atoms with Gasteiger partial charge in [0, 0.05) is 11.8 Å². The summed E-state index contributed by atoms with van der Waals surface area (Å²) in [5.74, 6) is -0.626. The maximum atomic E-state index is 12.2. The number of amides is 1. The van der Waals surface area contributed by atoms with Gasteiger partial charge in [0.05, 0.1) is 7.98 Å². The first-order valence-corrected chi connectivity index (χ1v) is 7.51. The van der Waals surface area contributed by atoms with E-state index in [9.17, 15) is 19.8 Å². The molecule has 9 nitrogen and oxygen atoms in total. The highest BCUT2D eigenvalue weighted by Crippen LogP contribution is 2.28. The number of ether oxygens (including phenoxy) is 1. The molecule has 0 spiro atoms. The molecule has 1 amide bonds. The Morgan fingerprint density at radius 1 is 1.32 bits per heavy atom. The van der Waals surface area contributed by atoms with Crippen molar-refractivity contribution in [2.45, 2.75) is 24.5 Å². The van der Waals surface area contributed by atoms with Crippen LogP contribution >= 0.6 is 0 Å². The molecular formula is C16H17N3O6. The molecule has 1 aromatic carbocycles. The average Bonchev–Trinajstić information content (AvgIpc) is 2.90. The predicted octanol–water partition coefficient (Wildman–Crippen LogP) is -0.893. The molecule has 4 N–H and O–H groups in total. The van der Waals surface area contributed by atoms with Crippen LogP contribution in [0.3, 0.4) is 0 Å². The minimum absolute atomic E-state index is 0.0323. The van der Waals surface area contributed by atoms with Gasteiger partial charge in [-0.3, -0.25) is 9.36 Å². The van der Waals surface area contributed by atoms with Gasteiger partial charge in [0.1, 0.15) is 24.1 Å². The maximum absolute atomic E-state index is 12.2. The SMILES string of the molecule is [2H]c1ccccc1C(=O)Nc1ccn([C@@H]2O[C@H](CO)[C@@H](O)[C@H]2O)c(=O)n1. The fraction of sp³-hybridized carbons (Fsp3) is 0.312. The molecule has 0 bridgehead atoms. The van der Waals surface area contributed by atoms with Gasteiger partial charge >= 0.3 is 5.69 Å². The zero-order chi connectivity index (χ0) is 18.8. The van der Waals surface area contributed by atoms with Crippen LogP contribution in [0.1, 0.15) is 18.0 Å². The number of carbonyl (C=O) groups is 1. The van der Waals surface area contributed by atoms with Gasteiger partial charge in [-0.2, -0.15) is 4.98 Å². The molecule has 0 radical (unpaired) electrons. The molecule has 0 aliphatic carbocycles. The smallest absolute Gasteiger partial charge is 0.351 e. The molecule has 132 valence electrons. The number of benzene rings is 1. The van der Waals surface area contributed by atoms with E-state index in [1.165, 1.54) is 24.4 Å². The van der Waals surface area contributed by atoms with E-state index in [-0.39, 0.29) is 17.4 Å². The lowest BCUT2D eigenvalue weighted by atomic mass is 10.1. The lowest BCUT2D eigenvalue weighted by molar-refractivity contribution is -0.0549. The largest absolute Gasteiger partial charge is 0.394 e. The zero-order valence-electron chi connectivity index (χ0n) is 13.9. The molecule has 3 rings (SSSR count). The molecule has 2 heterocycles. The summed E-state index contributed by atoms with van der Waals surface area (Å²) in [6.45, 7) is -0.516. The van der Waals surface area contributed by atoms with E-state index in [4.69, 9.17) is 11.2 Å². The summed E-state index contributed by atoms with van der Waals surface area (Å²) in [6, 6.07) is 7.52. The Balaban J connectivity index is 1.79. The molecule has 4 atom stereocenters. The van der Waals surface area contributed by atoms with Crippen LogP contribution in [-0.4, -0.2) is 55.7 Å². The summed E-state index contributed by atoms with van der Waals surface area (Å²) in [5, 5.41) is 31.2. The number of hydrogen-bond acceptors (Lipinski definition) is 7. The first kappa shape index (κ1) is 15.9. The summed E-state index contributed by atoms with van der Waals surface area (Å²) in [5.41, 5.74) is -0.696. The van der Waals surface area contributed by atoms with Crippen LogP contribution in [0.25, 0.3) is 0 Å². The van der Waals surface area contributed by atoms with E-state index in [0.29, 0.717) is 0 Å². The standard InChI is InChI=1S/C16H17N3O6/c20-8-10-12(21)13(22)15(25-10)19-7-6-11(18-16(19)24)17-14(23)9-4-2-1-3-5-9/h1-7,10,12-13,15,20-22H,8H2,(H,17,18,23,24)/t10-,12-,13-,15-/m1/s1/i4D. The summed E-state index contributed by atoms with van der Waals surface area (Å²) in [7, 11) is 0. The minimum atomic E-state index is -1.41. The van der Waals surface area contributed by atoms with Gasteiger partial charge in [-0.05, 0) is 18.2 Å². The van der Waals surface area contributed by atoms with E-state index in [1.54, 1.807) is 12.1 Å². The van der Waals surface area contributed by atoms with Crippen LogP contribution in [0, 0.1) is 0 Å². The van der Waals surface area contributed by atoms with Crippen LogP contribution in [0.4, 0.5) is 5.82 Å². The molecule has 1 fully saturated rings. The third kappa shape index (κ3) is 3.44. The molecule has 0 unspecified atom stereocenters. The number of aliphatic hydroxyl groups excluding tert-OH is 3. The van der Waals surface area contributed by atoms with Gasteiger partial charge in [0.2, 0.25) is 0 Å². The monoisotopic (exact) mass is 348 g/mol. The topological polar surface area (TPSA) is 134 Å². The maximum Gasteiger partial charge on any atom is 0.351 e. The molecule has 2 aromatic rings. The van der Waals surface area contributed by atoms with Gasteiger partial charge in [-0.1, -0.05) is 18.2 Å². The van der Waals surface area contributed by atoms with E-state index < -0.39 is 42.7 Å². The Morgan fingerprint density at radius 2 is 2.12 bits per heavy atom. The van der Waals surface area contributed by atoms with Crippen LogP contribution in [-0.2, 0) is 4.74 Å². The van der Waals surface area contributed by atoms with Crippen LogP contribution in [0.5, 0.6) is 0 Å². The summed E-state index contributed by atoms with van der Waals surface area (Å²) in [4.78, 5) is 28.0. The first-order valence-electron chi connectivity index (χ1n) is 8.01. The van der Waals surface area contributed by atoms with Crippen molar-refractivity contribution >= 4 is 11.7 Å². The molecule has 1 aliphatic rings. The highest BCUT2D eigenvalue weighted by atomic mass is 16.6. The minimum Gasteiger partial charge on any atom is -0.394 e. The summed E-state index contributed by atoms with van der Waals surface area (Å²) >= 11 is 0. The normalized spacial score (nSPS) is 26.3. The lowest BCUT2D eigenvalue weighted by Gasteiger charge is -2.17. The summed E-state index contributed by atoms with van der Waals surface area (Å²) in [6.07, 6.45) is -3.74. The third-order valence-corrected chi connectivity index (χ3v) is 3.82. The van der Waals surface area contributed by atoms with Crippen molar-refractivity contribution in [1.82, 2.24) is 9.55 Å². The molecule has 1 aliphatic heterocycles. The highest BCUT2D eigenvalue weighted by Gasteiger charge is 2.43. The number of nitrogens with one attached hydrogen (secondary N) is 1. The number of carbonyl (C=O) groups excluding carboxylic acids is 1. The van der Waals surface area contributed by atoms with Crippen LogP contribution < -0.4 is 11.0 Å². The summed E-state index contributed by atoms with van der Waals surface area (Å²) < 4.78 is 13.9. The molecular weight excluding hydrogens is 330 g/mol. The van der Waals surface area contributed by atoms with Gasteiger partial charge in [-0.15, -0.1) is 0 Å². The second-order valence-electron chi connectivity index (χ2n) is 5.46. The van der Waals surface area contributed by atoms with Crippen molar-refractivity contribution in [1.29, 1.82) is 0 Å². The van der Waals surface area contributed by atoms with E-state index in [0.717, 1.165) is 4.57 Å². The van der Waals surface area contributed by atoms with E-state index in [2.05, 4.69) is 10.3 Å². The van der Waals surface area contributed by atoms with Crippen LogP contribution in [0.2, 0.25) is 0 Å². The molecule has 25 heavy (non-hydrogen) atoms. The number of aliphatic hydroxyl groups is 3. The number of hydrogen-bond donors (Lipinski definition) is 4. The number of nitrogens with zero attached hydrogens (tertiary/aromatic N) is 2. The fourth-order valence-corrected chi connectivity index (χ4v) is 2.50. The second kappa shape index (κ2) is 7.11. The Morgan fingerprint density at radius 3 is 2.76 bits per heavy atom. The lowest BCUT2D eigenvalue weighted by Crippen LogP contribution is -2.36. The quantitative estimate of drug-likeness (QED) is 0.563. The van der Waals surface area contributed by atoms with Crippen LogP contribution in [0.15, 0.2) is 47.4 Å². The third-order valence-electron chi connectivity index (χ3n) is 3.82. The van der Waals surface area contributed by atoms with Gasteiger partial charge in [0.15, 0.2) is 6.23 Å². The van der Waals surface area contributed by atoms with Crippen molar-refractivity contribution in [2.24, 2.45) is 0 Å². The van der Waals surface area contributed by atoms with Crippen molar-refractivity contribution in [3.63, 3.8) is 0 Å². The van der Waals surface area contributed by atoms with E-state index >= 15 is 0 Å². The second-order valence-corrected chi connectivity index (χ2v) is 5.46. The predicted molar refractivity (Wildman–Crippen MR) is 85.9 cm³/mol. The van der Waals surface area contributed by atoms with E-state index in [1.807, 2.05) is 0 Å². The molecule has 0 saturated carbocycles. The highest BCUT2D eigenvalue weighted by molar-refractivity contribution is 6.03. The fourth-order valence-electron chi connectivity index (χ4n) is 2.50. The Kier molecular flexibility index (Phi) is 4.53. The Labute approximate surface area is 143 Å². The average molecular weight is 348 g/mol. The Hall–Kier alpha value is -2.59. The molecule has 1 saturated heterocycles. The van der Waals surface area contributed by atoms with Gasteiger partial charge in [-0.25, -0.2) is 4.79 Å². The van der Waals surface area contributed by atoms with Crippen molar-refractivity contribution in [3.05, 3.63) is 58.6 Å². The number of anilines is 1. The van der Waals surface area contributed by atoms with Crippen molar-refractivity contribution in [2.75, 3.05) is 11.9 Å². The molecule has 9 heteroatoms. The first-order chi connectivity index (χ1) is 12.4.